The van der Waals surface area contributed by atoms with Gasteiger partial charge in [0.25, 0.3) is 5.91 Å². The lowest BCUT2D eigenvalue weighted by atomic mass is 10.2. The van der Waals surface area contributed by atoms with Crippen LogP contribution in [0.3, 0.4) is 0 Å². The van der Waals surface area contributed by atoms with Gasteiger partial charge in [-0.15, -0.1) is 0 Å². The van der Waals surface area contributed by atoms with Crippen LogP contribution in [0.15, 0.2) is 18.5 Å². The van der Waals surface area contributed by atoms with E-state index in [-0.39, 0.29) is 24.3 Å². The summed E-state index contributed by atoms with van der Waals surface area (Å²) in [5, 5.41) is 20.2. The fourth-order valence-corrected chi connectivity index (χ4v) is 1.11. The summed E-state index contributed by atoms with van der Waals surface area (Å²) in [6, 6.07) is 1.39. The molecule has 1 heterocycles. The number of carboxylic acid groups (broad SMARTS) is 1. The number of nitrogens with one attached hydrogen (secondary N) is 1. The molecule has 6 heteroatoms. The van der Waals surface area contributed by atoms with Gasteiger partial charge in [0.1, 0.15) is 5.75 Å². The minimum Gasteiger partial charge on any atom is -0.505 e. The molecule has 0 saturated heterocycles. The maximum Gasteiger partial charge on any atom is 0.303 e. The van der Waals surface area contributed by atoms with Gasteiger partial charge in [0.15, 0.2) is 0 Å². The first-order chi connectivity index (χ1) is 7.61. The van der Waals surface area contributed by atoms with E-state index >= 15 is 0 Å². The normalized spacial score (nSPS) is 9.75. The van der Waals surface area contributed by atoms with E-state index in [0.29, 0.717) is 6.42 Å². The van der Waals surface area contributed by atoms with Gasteiger partial charge in [0.05, 0.1) is 11.8 Å². The number of amides is 1. The van der Waals surface area contributed by atoms with E-state index in [0.717, 1.165) is 0 Å². The topological polar surface area (TPSA) is 99.5 Å². The molecule has 6 nitrogen and oxygen atoms in total. The zero-order valence-electron chi connectivity index (χ0n) is 8.51. The number of aromatic hydroxyl groups is 1. The Morgan fingerprint density at radius 3 is 2.81 bits per heavy atom. The molecule has 0 saturated carbocycles. The van der Waals surface area contributed by atoms with Crippen molar-refractivity contribution in [2.24, 2.45) is 0 Å². The average Bonchev–Trinajstić information content (AvgIpc) is 2.24. The van der Waals surface area contributed by atoms with Crippen LogP contribution in [0.5, 0.6) is 5.75 Å². The Balaban J connectivity index is 2.41. The Morgan fingerprint density at radius 1 is 1.44 bits per heavy atom. The van der Waals surface area contributed by atoms with Crippen LogP contribution < -0.4 is 5.32 Å². The molecule has 0 bridgehead atoms. The zero-order chi connectivity index (χ0) is 12.0. The summed E-state index contributed by atoms with van der Waals surface area (Å²) < 4.78 is 0. The third-order valence-electron chi connectivity index (χ3n) is 1.90. The van der Waals surface area contributed by atoms with Gasteiger partial charge in [-0.25, -0.2) is 0 Å². The van der Waals surface area contributed by atoms with E-state index in [1.165, 1.54) is 18.5 Å². The number of hydrogen-bond donors (Lipinski definition) is 3. The third kappa shape index (κ3) is 3.56. The minimum absolute atomic E-state index is 0.00259. The Kier molecular flexibility index (Phi) is 4.26. The van der Waals surface area contributed by atoms with Crippen LogP contribution in [0.1, 0.15) is 23.2 Å². The second-order valence-electron chi connectivity index (χ2n) is 3.15. The largest absolute Gasteiger partial charge is 0.505 e. The number of carboxylic acids is 1. The quantitative estimate of drug-likeness (QED) is 0.628. The van der Waals surface area contributed by atoms with Gasteiger partial charge < -0.3 is 15.5 Å². The lowest BCUT2D eigenvalue weighted by Crippen LogP contribution is -2.24. The molecular weight excluding hydrogens is 212 g/mol. The summed E-state index contributed by atoms with van der Waals surface area (Å²) in [6.07, 6.45) is 2.92. The molecule has 0 unspecified atom stereocenters. The van der Waals surface area contributed by atoms with E-state index in [9.17, 15) is 14.7 Å². The van der Waals surface area contributed by atoms with Crippen molar-refractivity contribution in [3.05, 3.63) is 24.0 Å². The second-order valence-corrected chi connectivity index (χ2v) is 3.15. The van der Waals surface area contributed by atoms with Crippen LogP contribution >= 0.6 is 0 Å². The molecule has 0 fully saturated rings. The molecule has 0 aliphatic carbocycles. The van der Waals surface area contributed by atoms with E-state index in [1.54, 1.807) is 0 Å². The molecule has 0 aliphatic heterocycles. The van der Waals surface area contributed by atoms with Gasteiger partial charge >= 0.3 is 5.97 Å². The number of pyridine rings is 1. The van der Waals surface area contributed by atoms with Crippen molar-refractivity contribution in [1.82, 2.24) is 10.3 Å². The first-order valence-electron chi connectivity index (χ1n) is 4.74. The number of aromatic nitrogens is 1. The highest BCUT2D eigenvalue weighted by Gasteiger charge is 2.09. The number of carbonyl (C=O) groups excluding carboxylic acids is 1. The lowest BCUT2D eigenvalue weighted by molar-refractivity contribution is -0.137. The lowest BCUT2D eigenvalue weighted by Gasteiger charge is -2.05. The van der Waals surface area contributed by atoms with Crippen molar-refractivity contribution in [3.8, 4) is 5.75 Å². The van der Waals surface area contributed by atoms with Crippen molar-refractivity contribution in [2.75, 3.05) is 6.54 Å². The zero-order valence-corrected chi connectivity index (χ0v) is 8.51. The summed E-state index contributed by atoms with van der Waals surface area (Å²) in [5.41, 5.74) is 0.130. The van der Waals surface area contributed by atoms with Gasteiger partial charge in [-0.05, 0) is 12.5 Å². The van der Waals surface area contributed by atoms with Crippen LogP contribution in [0.25, 0.3) is 0 Å². The molecular formula is C10H12N2O4. The third-order valence-corrected chi connectivity index (χ3v) is 1.90. The molecule has 16 heavy (non-hydrogen) atoms. The van der Waals surface area contributed by atoms with Crippen LogP contribution in [-0.2, 0) is 4.79 Å². The van der Waals surface area contributed by atoms with Gasteiger partial charge in [-0.2, -0.15) is 0 Å². The summed E-state index contributed by atoms with van der Waals surface area (Å²) in [7, 11) is 0. The molecule has 0 spiro atoms. The molecule has 3 N–H and O–H groups in total. The number of aliphatic carboxylic acids is 1. The minimum atomic E-state index is -0.902. The van der Waals surface area contributed by atoms with Crippen molar-refractivity contribution >= 4 is 11.9 Å². The molecule has 1 amide bonds. The van der Waals surface area contributed by atoms with Crippen molar-refractivity contribution in [2.45, 2.75) is 12.8 Å². The highest BCUT2D eigenvalue weighted by molar-refractivity contribution is 5.96. The average molecular weight is 224 g/mol. The van der Waals surface area contributed by atoms with Crippen molar-refractivity contribution < 1.29 is 19.8 Å². The van der Waals surface area contributed by atoms with Crippen LogP contribution in [0.2, 0.25) is 0 Å². The molecule has 0 radical (unpaired) electrons. The second kappa shape index (κ2) is 5.69. The predicted molar refractivity (Wildman–Crippen MR) is 55.1 cm³/mol. The number of nitrogens with zero attached hydrogens (tertiary/aromatic N) is 1. The molecule has 0 atom stereocenters. The molecule has 1 rings (SSSR count). The summed E-state index contributed by atoms with van der Waals surface area (Å²) in [6.45, 7) is 0.257. The summed E-state index contributed by atoms with van der Waals surface area (Å²) in [4.78, 5) is 25.3. The molecule has 86 valence electrons. The number of carbonyl (C=O) groups is 2. The fourth-order valence-electron chi connectivity index (χ4n) is 1.11. The number of hydrogen-bond acceptors (Lipinski definition) is 4. The summed E-state index contributed by atoms with van der Waals surface area (Å²) in [5.74, 6) is -1.54. The Morgan fingerprint density at radius 2 is 2.19 bits per heavy atom. The Bertz CT molecular complexity index is 392. The highest BCUT2D eigenvalue weighted by atomic mass is 16.4. The van der Waals surface area contributed by atoms with Crippen LogP contribution in [-0.4, -0.2) is 33.6 Å². The monoisotopic (exact) mass is 224 g/mol. The first-order valence-corrected chi connectivity index (χ1v) is 4.74. The van der Waals surface area contributed by atoms with E-state index in [4.69, 9.17) is 5.11 Å². The van der Waals surface area contributed by atoms with E-state index in [1.807, 2.05) is 0 Å². The van der Waals surface area contributed by atoms with E-state index < -0.39 is 11.9 Å². The predicted octanol–water partition coefficient (Wildman–Crippen LogP) is 0.382. The maximum absolute atomic E-state index is 11.5. The van der Waals surface area contributed by atoms with Gasteiger partial charge in [0.2, 0.25) is 0 Å². The first kappa shape index (κ1) is 12.0. The number of rotatable bonds is 5. The van der Waals surface area contributed by atoms with Gasteiger partial charge in [-0.3, -0.25) is 14.6 Å². The van der Waals surface area contributed by atoms with Gasteiger partial charge in [-0.1, -0.05) is 0 Å². The van der Waals surface area contributed by atoms with Crippen molar-refractivity contribution in [1.29, 1.82) is 0 Å². The smallest absolute Gasteiger partial charge is 0.303 e. The summed E-state index contributed by atoms with van der Waals surface area (Å²) >= 11 is 0. The molecule has 1 aromatic rings. The van der Waals surface area contributed by atoms with E-state index in [2.05, 4.69) is 10.3 Å². The van der Waals surface area contributed by atoms with Gasteiger partial charge in [0, 0.05) is 19.2 Å². The standard InChI is InChI=1S/C10H12N2O4/c13-8-6-11-5-3-7(8)10(16)12-4-1-2-9(14)15/h3,5-6,13H,1-2,4H2,(H,12,16)(H,14,15). The Hall–Kier alpha value is -2.11. The van der Waals surface area contributed by atoms with Crippen molar-refractivity contribution in [3.63, 3.8) is 0 Å². The fraction of sp³-hybridized carbons (Fsp3) is 0.300. The molecule has 0 aromatic carbocycles. The molecule has 0 aliphatic rings. The highest BCUT2D eigenvalue weighted by Crippen LogP contribution is 2.13. The van der Waals surface area contributed by atoms with Crippen LogP contribution in [0, 0.1) is 0 Å². The SMILES string of the molecule is O=C(O)CCCNC(=O)c1ccncc1O. The molecule has 1 aromatic heterocycles. The maximum atomic E-state index is 11.5. The van der Waals surface area contributed by atoms with Crippen LogP contribution in [0.4, 0.5) is 0 Å². The Labute approximate surface area is 91.9 Å².